The lowest BCUT2D eigenvalue weighted by Crippen LogP contribution is -2.36. The van der Waals surface area contributed by atoms with Crippen LogP contribution in [0.2, 0.25) is 0 Å². The number of rotatable bonds is 6. The lowest BCUT2D eigenvalue weighted by molar-refractivity contribution is 0.0740. The number of nitrogens with one attached hydrogen (secondary N) is 1. The molecule has 0 aliphatic heterocycles. The maximum atomic E-state index is 12.4. The van der Waals surface area contributed by atoms with Crippen LogP contribution in [0.3, 0.4) is 0 Å². The first kappa shape index (κ1) is 22.1. The molecule has 1 N–H and O–H groups in total. The van der Waals surface area contributed by atoms with Gasteiger partial charge in [-0.2, -0.15) is 0 Å². The first-order valence-electron chi connectivity index (χ1n) is 10.7. The molecule has 0 radical (unpaired) electrons. The topological polar surface area (TPSA) is 55.6 Å². The van der Waals surface area contributed by atoms with Gasteiger partial charge in [0.25, 0.3) is 0 Å². The van der Waals surface area contributed by atoms with E-state index in [-0.39, 0.29) is 16.9 Å². The summed E-state index contributed by atoms with van der Waals surface area (Å²) in [5.74, 6) is 1.08. The molecular weight excluding hydrogens is 418 g/mol. The van der Waals surface area contributed by atoms with Crippen molar-refractivity contribution in [2.24, 2.45) is 5.41 Å². The number of thiophene rings is 1. The summed E-state index contributed by atoms with van der Waals surface area (Å²) < 4.78 is 7.69. The Labute approximate surface area is 193 Å². The van der Waals surface area contributed by atoms with E-state index in [1.165, 1.54) is 11.3 Å². The molecular formula is C26H29N3O2S. The average Bonchev–Trinajstić information content (AvgIpc) is 3.35. The maximum Gasteiger partial charge on any atom is 0.353 e. The fraction of sp³-hybridized carbons (Fsp3) is 0.308. The summed E-state index contributed by atoms with van der Waals surface area (Å²) in [6.07, 6.45) is 3.00. The molecule has 0 spiro atoms. The number of carbonyl (C=O) groups excluding carboxylic acids is 1. The largest absolute Gasteiger partial charge is 0.422 e. The molecule has 0 amide bonds. The molecule has 6 heteroatoms. The van der Waals surface area contributed by atoms with Crippen molar-refractivity contribution in [3.63, 3.8) is 0 Å². The molecule has 4 rings (SSSR count). The molecule has 5 nitrogen and oxygen atoms in total. The van der Waals surface area contributed by atoms with Crippen molar-refractivity contribution >= 4 is 28.8 Å². The Morgan fingerprint density at radius 3 is 2.59 bits per heavy atom. The number of hydrogen-bond acceptors (Lipinski definition) is 5. The lowest BCUT2D eigenvalue weighted by Gasteiger charge is -2.34. The van der Waals surface area contributed by atoms with Gasteiger partial charge >= 0.3 is 5.97 Å². The van der Waals surface area contributed by atoms with Gasteiger partial charge in [-0.1, -0.05) is 45.0 Å². The number of nitrogens with zero attached hydrogens (tertiary/aromatic N) is 2. The summed E-state index contributed by atoms with van der Waals surface area (Å²) in [5.41, 5.74) is 2.60. The smallest absolute Gasteiger partial charge is 0.353 e. The summed E-state index contributed by atoms with van der Waals surface area (Å²) in [6.45, 7) is 11.2. The zero-order valence-electron chi connectivity index (χ0n) is 19.2. The number of pyridine rings is 1. The number of aromatic nitrogens is 2. The first-order chi connectivity index (χ1) is 15.1. The van der Waals surface area contributed by atoms with Crippen LogP contribution < -0.4 is 10.1 Å². The second kappa shape index (κ2) is 8.43. The van der Waals surface area contributed by atoms with Gasteiger partial charge in [0.15, 0.2) is 0 Å². The predicted molar refractivity (Wildman–Crippen MR) is 132 cm³/mol. The zero-order chi connectivity index (χ0) is 22.9. The number of hydrogen-bond donors (Lipinski definition) is 1. The van der Waals surface area contributed by atoms with Crippen molar-refractivity contribution in [3.8, 4) is 17.0 Å². The predicted octanol–water partition coefficient (Wildman–Crippen LogP) is 6.91. The first-order valence-corrected chi connectivity index (χ1v) is 11.6. The minimum absolute atomic E-state index is 0.151. The Balaban J connectivity index is 1.71. The second-order valence-electron chi connectivity index (χ2n) is 9.88. The molecule has 32 heavy (non-hydrogen) atoms. The summed E-state index contributed by atoms with van der Waals surface area (Å²) in [4.78, 5) is 17.9. The number of fused-ring (bicyclic) bond motifs is 1. The molecule has 0 bridgehead atoms. The van der Waals surface area contributed by atoms with E-state index in [1.54, 1.807) is 12.1 Å². The molecule has 0 aliphatic carbocycles. The summed E-state index contributed by atoms with van der Waals surface area (Å²) >= 11 is 1.37. The normalized spacial score (nSPS) is 12.2. The molecule has 0 aliphatic rings. The Bertz CT molecular complexity index is 1230. The van der Waals surface area contributed by atoms with E-state index in [1.807, 2.05) is 54.0 Å². The number of imidazole rings is 1. The van der Waals surface area contributed by atoms with Gasteiger partial charge in [-0.25, -0.2) is 9.78 Å². The van der Waals surface area contributed by atoms with Crippen LogP contribution >= 0.6 is 11.3 Å². The molecule has 0 unspecified atom stereocenters. The molecule has 0 fully saturated rings. The van der Waals surface area contributed by atoms with Crippen LogP contribution in [0.1, 0.15) is 50.7 Å². The number of benzene rings is 1. The Hall–Kier alpha value is -3.12. The minimum atomic E-state index is -0.350. The second-order valence-corrected chi connectivity index (χ2v) is 10.8. The van der Waals surface area contributed by atoms with Crippen LogP contribution in [0.4, 0.5) is 5.82 Å². The van der Waals surface area contributed by atoms with E-state index in [2.05, 4.69) is 44.3 Å². The van der Waals surface area contributed by atoms with Crippen LogP contribution in [0.5, 0.6) is 5.75 Å². The molecule has 1 aromatic carbocycles. The highest BCUT2D eigenvalue weighted by molar-refractivity contribution is 7.12. The van der Waals surface area contributed by atoms with Gasteiger partial charge in [-0.15, -0.1) is 11.3 Å². The molecule has 0 saturated carbocycles. The lowest BCUT2D eigenvalue weighted by atomic mass is 9.82. The summed E-state index contributed by atoms with van der Waals surface area (Å²) in [5, 5.41) is 5.60. The number of esters is 1. The molecule has 3 aromatic heterocycles. The number of anilines is 1. The highest BCUT2D eigenvalue weighted by Crippen LogP contribution is 2.35. The van der Waals surface area contributed by atoms with Crippen LogP contribution in [-0.2, 0) is 0 Å². The van der Waals surface area contributed by atoms with Crippen molar-refractivity contribution in [1.29, 1.82) is 0 Å². The highest BCUT2D eigenvalue weighted by atomic mass is 32.1. The van der Waals surface area contributed by atoms with E-state index >= 15 is 0 Å². The minimum Gasteiger partial charge on any atom is -0.422 e. The van der Waals surface area contributed by atoms with Gasteiger partial charge in [0, 0.05) is 17.3 Å². The van der Waals surface area contributed by atoms with Gasteiger partial charge in [0.2, 0.25) is 0 Å². The van der Waals surface area contributed by atoms with Crippen molar-refractivity contribution < 1.29 is 9.53 Å². The quantitative estimate of drug-likeness (QED) is 0.258. The van der Waals surface area contributed by atoms with E-state index < -0.39 is 0 Å². The van der Waals surface area contributed by atoms with E-state index in [0.717, 1.165) is 29.1 Å². The van der Waals surface area contributed by atoms with Crippen LogP contribution in [0, 0.1) is 5.41 Å². The standard InChI is InChI=1S/C26H29N3O2S/c1-25(2,3)17-26(4,5)28-23-22(27-21-13-6-7-14-29(21)23)18-10-8-11-19(16-18)31-24(30)20-12-9-15-32-20/h6-16,28H,17H2,1-5H3. The van der Waals surface area contributed by atoms with Crippen molar-refractivity contribution in [2.45, 2.75) is 46.6 Å². The van der Waals surface area contributed by atoms with Crippen molar-refractivity contribution in [1.82, 2.24) is 9.38 Å². The molecule has 166 valence electrons. The van der Waals surface area contributed by atoms with Gasteiger partial charge in [0.1, 0.15) is 27.8 Å². The fourth-order valence-electron chi connectivity index (χ4n) is 4.27. The summed E-state index contributed by atoms with van der Waals surface area (Å²) in [7, 11) is 0. The Kier molecular flexibility index (Phi) is 5.82. The van der Waals surface area contributed by atoms with Crippen LogP contribution in [0.15, 0.2) is 66.2 Å². The van der Waals surface area contributed by atoms with E-state index in [4.69, 9.17) is 9.72 Å². The van der Waals surface area contributed by atoms with E-state index in [9.17, 15) is 4.79 Å². The highest BCUT2D eigenvalue weighted by Gasteiger charge is 2.28. The molecule has 3 heterocycles. The number of carbonyl (C=O) groups is 1. The summed E-state index contributed by atoms with van der Waals surface area (Å²) in [6, 6.07) is 17.1. The fourth-order valence-corrected chi connectivity index (χ4v) is 4.86. The van der Waals surface area contributed by atoms with Gasteiger partial charge in [0.05, 0.1) is 0 Å². The Morgan fingerprint density at radius 2 is 1.88 bits per heavy atom. The third kappa shape index (κ3) is 5.02. The van der Waals surface area contributed by atoms with Gasteiger partial charge in [-0.05, 0) is 61.4 Å². The third-order valence-electron chi connectivity index (χ3n) is 5.00. The average molecular weight is 448 g/mol. The monoisotopic (exact) mass is 447 g/mol. The van der Waals surface area contributed by atoms with Crippen LogP contribution in [-0.4, -0.2) is 20.9 Å². The molecule has 0 atom stereocenters. The molecule has 0 saturated heterocycles. The van der Waals surface area contributed by atoms with E-state index in [0.29, 0.717) is 10.6 Å². The van der Waals surface area contributed by atoms with Crippen LogP contribution in [0.25, 0.3) is 16.9 Å². The van der Waals surface area contributed by atoms with Crippen molar-refractivity contribution in [2.75, 3.05) is 5.32 Å². The van der Waals surface area contributed by atoms with Gasteiger partial charge in [-0.3, -0.25) is 4.40 Å². The van der Waals surface area contributed by atoms with Gasteiger partial charge < -0.3 is 10.1 Å². The maximum absolute atomic E-state index is 12.4. The zero-order valence-corrected chi connectivity index (χ0v) is 20.0. The van der Waals surface area contributed by atoms with Crippen molar-refractivity contribution in [3.05, 3.63) is 71.1 Å². The number of ether oxygens (including phenoxy) is 1. The Morgan fingerprint density at radius 1 is 1.06 bits per heavy atom. The molecule has 4 aromatic rings. The SMILES string of the molecule is CC(C)(C)CC(C)(C)Nc1c(-c2cccc(OC(=O)c3cccs3)c2)nc2ccccn12. The third-order valence-corrected chi connectivity index (χ3v) is 5.85.